The fourth-order valence-electron chi connectivity index (χ4n) is 4.11. The largest absolute Gasteiger partial charge is 0.325 e. The molecule has 4 nitrogen and oxygen atoms in total. The minimum Gasteiger partial charge on any atom is -0.325 e. The predicted molar refractivity (Wildman–Crippen MR) is 128 cm³/mol. The van der Waals surface area contributed by atoms with Crippen molar-refractivity contribution in [2.45, 2.75) is 47.7 Å². The number of hydrogen-bond acceptors (Lipinski definition) is 2. The molecule has 2 heterocycles. The third-order valence-corrected chi connectivity index (χ3v) is 5.94. The predicted octanol–water partition coefficient (Wildman–Crippen LogP) is 6.05. The highest BCUT2D eigenvalue weighted by Gasteiger charge is 2.14. The second-order valence-electron chi connectivity index (χ2n) is 8.41. The summed E-state index contributed by atoms with van der Waals surface area (Å²) in [7, 11) is 0. The van der Waals surface area contributed by atoms with Crippen LogP contribution >= 0.6 is 0 Å². The van der Waals surface area contributed by atoms with Crippen LogP contribution in [-0.2, 0) is 13.1 Å². The number of allylic oxidation sites excluding steroid dienone is 1. The minimum atomic E-state index is 0.748. The Hall–Kier alpha value is -3.40. The summed E-state index contributed by atoms with van der Waals surface area (Å²) in [5.74, 6) is 1.78. The first-order valence-electron chi connectivity index (χ1n) is 10.8. The normalized spacial score (nSPS) is 11.5. The van der Waals surface area contributed by atoms with Gasteiger partial charge in [0.25, 0.3) is 0 Å². The first-order valence-corrected chi connectivity index (χ1v) is 10.8. The van der Waals surface area contributed by atoms with Gasteiger partial charge in [0.05, 0.1) is 0 Å². The average molecular weight is 411 g/mol. The highest BCUT2D eigenvalue weighted by Crippen LogP contribution is 2.22. The molecule has 0 N–H and O–H groups in total. The fourth-order valence-corrected chi connectivity index (χ4v) is 4.11. The zero-order valence-electron chi connectivity index (χ0n) is 19.1. The quantitative estimate of drug-likeness (QED) is 0.388. The summed E-state index contributed by atoms with van der Waals surface area (Å²) in [4.78, 5) is 9.25. The molecule has 0 saturated carbocycles. The number of hydrogen-bond donors (Lipinski definition) is 0. The molecule has 158 valence electrons. The molecule has 0 amide bonds. The van der Waals surface area contributed by atoms with Gasteiger partial charge in [-0.25, -0.2) is 9.97 Å². The zero-order valence-corrected chi connectivity index (χ0v) is 19.1. The molecule has 2 aromatic carbocycles. The second-order valence-corrected chi connectivity index (χ2v) is 8.41. The zero-order chi connectivity index (χ0) is 22.0. The summed E-state index contributed by atoms with van der Waals surface area (Å²) in [6.45, 7) is 12.3. The van der Waals surface area contributed by atoms with Gasteiger partial charge in [0.1, 0.15) is 0 Å². The molecule has 0 aliphatic heterocycles. The lowest BCUT2D eigenvalue weighted by molar-refractivity contribution is 0.763. The van der Waals surface area contributed by atoms with Crippen molar-refractivity contribution in [1.82, 2.24) is 19.1 Å². The van der Waals surface area contributed by atoms with Crippen LogP contribution in [0.3, 0.4) is 0 Å². The Bertz CT molecular complexity index is 1220. The van der Waals surface area contributed by atoms with E-state index in [1.807, 2.05) is 24.8 Å². The van der Waals surface area contributed by atoms with Gasteiger partial charge in [-0.1, -0.05) is 48.0 Å². The van der Waals surface area contributed by atoms with Gasteiger partial charge in [-0.3, -0.25) is 0 Å². The molecule has 0 fully saturated rings. The molecular formula is C27H30N4. The highest BCUT2D eigenvalue weighted by molar-refractivity contribution is 5.52. The van der Waals surface area contributed by atoms with Crippen LogP contribution in [-0.4, -0.2) is 19.1 Å². The SMILES string of the molecule is Cc1cc(C)c(Cn2ccnc2-c2nccn2CC=Cc2ccc(C)c(C)c2)c(C)c1. The molecule has 4 aromatic rings. The number of rotatable bonds is 6. The Morgan fingerprint density at radius 2 is 1.39 bits per heavy atom. The fraction of sp³-hybridized carbons (Fsp3) is 0.259. The van der Waals surface area contributed by atoms with E-state index in [1.165, 1.54) is 38.9 Å². The van der Waals surface area contributed by atoms with Crippen LogP contribution in [0.1, 0.15) is 38.9 Å². The van der Waals surface area contributed by atoms with Gasteiger partial charge in [-0.05, 0) is 68.0 Å². The molecule has 4 rings (SSSR count). The summed E-state index contributed by atoms with van der Waals surface area (Å²) >= 11 is 0. The van der Waals surface area contributed by atoms with Crippen molar-refractivity contribution < 1.29 is 0 Å². The molecule has 0 spiro atoms. The van der Waals surface area contributed by atoms with Gasteiger partial charge in [0, 0.05) is 37.9 Å². The number of nitrogens with zero attached hydrogens (tertiary/aromatic N) is 4. The van der Waals surface area contributed by atoms with E-state index in [4.69, 9.17) is 0 Å². The van der Waals surface area contributed by atoms with Crippen LogP contribution in [0.25, 0.3) is 17.7 Å². The maximum absolute atomic E-state index is 4.64. The first-order chi connectivity index (χ1) is 14.9. The number of aromatic nitrogens is 4. The van der Waals surface area contributed by atoms with Gasteiger partial charge in [-0.2, -0.15) is 0 Å². The van der Waals surface area contributed by atoms with Crippen molar-refractivity contribution in [1.29, 1.82) is 0 Å². The molecule has 0 aliphatic rings. The number of aryl methyl sites for hydroxylation is 5. The molecule has 0 aliphatic carbocycles. The standard InChI is InChI=1S/C27H30N4/c1-19-15-22(4)25(23(5)16-19)18-31-14-11-29-27(31)26-28-10-13-30(26)12-6-7-24-9-8-20(2)21(3)17-24/h6-11,13-17H,12,18H2,1-5H3. The van der Waals surface area contributed by atoms with Crippen molar-refractivity contribution in [3.8, 4) is 11.6 Å². The van der Waals surface area contributed by atoms with Crippen LogP contribution in [0.15, 0.2) is 61.2 Å². The molecule has 0 saturated heterocycles. The second kappa shape index (κ2) is 8.76. The number of benzene rings is 2. The third kappa shape index (κ3) is 4.53. The van der Waals surface area contributed by atoms with Crippen LogP contribution < -0.4 is 0 Å². The van der Waals surface area contributed by atoms with E-state index in [9.17, 15) is 0 Å². The summed E-state index contributed by atoms with van der Waals surface area (Å²) in [5.41, 5.74) is 9.13. The van der Waals surface area contributed by atoms with Crippen molar-refractivity contribution in [3.05, 3.63) is 100 Å². The molecule has 2 aromatic heterocycles. The summed E-state index contributed by atoms with van der Waals surface area (Å²) < 4.78 is 4.34. The molecule has 4 heteroatoms. The smallest absolute Gasteiger partial charge is 0.176 e. The highest BCUT2D eigenvalue weighted by atomic mass is 15.2. The van der Waals surface area contributed by atoms with Crippen LogP contribution in [0, 0.1) is 34.6 Å². The molecule has 0 bridgehead atoms. The topological polar surface area (TPSA) is 35.6 Å². The Morgan fingerprint density at radius 1 is 0.742 bits per heavy atom. The Balaban J connectivity index is 1.56. The summed E-state index contributed by atoms with van der Waals surface area (Å²) in [6, 6.07) is 11.0. The van der Waals surface area contributed by atoms with Crippen molar-refractivity contribution >= 4 is 6.08 Å². The third-order valence-electron chi connectivity index (χ3n) is 5.94. The van der Waals surface area contributed by atoms with E-state index in [0.717, 1.165) is 24.7 Å². The lowest BCUT2D eigenvalue weighted by Gasteiger charge is -2.14. The molecular weight excluding hydrogens is 380 g/mol. The van der Waals surface area contributed by atoms with Gasteiger partial charge < -0.3 is 9.13 Å². The van der Waals surface area contributed by atoms with Crippen LogP contribution in [0.5, 0.6) is 0 Å². The van der Waals surface area contributed by atoms with Crippen molar-refractivity contribution in [2.75, 3.05) is 0 Å². The van der Waals surface area contributed by atoms with E-state index < -0.39 is 0 Å². The van der Waals surface area contributed by atoms with Crippen molar-refractivity contribution in [2.24, 2.45) is 0 Å². The van der Waals surface area contributed by atoms with Gasteiger partial charge in [0.2, 0.25) is 0 Å². The van der Waals surface area contributed by atoms with E-state index in [2.05, 4.69) is 96.2 Å². The van der Waals surface area contributed by atoms with E-state index in [1.54, 1.807) is 0 Å². The Labute approximate surface area is 184 Å². The van der Waals surface area contributed by atoms with Gasteiger partial charge in [-0.15, -0.1) is 0 Å². The van der Waals surface area contributed by atoms with Crippen LogP contribution in [0.4, 0.5) is 0 Å². The lowest BCUT2D eigenvalue weighted by atomic mass is 10.00. The summed E-state index contributed by atoms with van der Waals surface area (Å²) in [6.07, 6.45) is 12.1. The Morgan fingerprint density at radius 3 is 2.06 bits per heavy atom. The monoisotopic (exact) mass is 410 g/mol. The van der Waals surface area contributed by atoms with Gasteiger partial charge in [0.15, 0.2) is 11.6 Å². The lowest BCUT2D eigenvalue weighted by Crippen LogP contribution is -2.08. The average Bonchev–Trinajstić information content (AvgIpc) is 3.36. The van der Waals surface area contributed by atoms with Crippen molar-refractivity contribution in [3.63, 3.8) is 0 Å². The minimum absolute atomic E-state index is 0.748. The van der Waals surface area contributed by atoms with Crippen LogP contribution in [0.2, 0.25) is 0 Å². The maximum Gasteiger partial charge on any atom is 0.176 e. The molecule has 31 heavy (non-hydrogen) atoms. The molecule has 0 radical (unpaired) electrons. The first kappa shape index (κ1) is 20.9. The summed E-state index contributed by atoms with van der Waals surface area (Å²) in [5, 5.41) is 0. The molecule has 0 atom stereocenters. The van der Waals surface area contributed by atoms with Gasteiger partial charge >= 0.3 is 0 Å². The molecule has 0 unspecified atom stereocenters. The maximum atomic E-state index is 4.64. The Kier molecular flexibility index (Phi) is 5.90. The van der Waals surface area contributed by atoms with E-state index in [-0.39, 0.29) is 0 Å². The number of imidazole rings is 2. The van der Waals surface area contributed by atoms with E-state index in [0.29, 0.717) is 0 Å². The van der Waals surface area contributed by atoms with E-state index >= 15 is 0 Å².